The molecule has 0 bridgehead atoms. The number of thiazole rings is 1. The molecule has 3 N–H and O–H groups in total. The predicted octanol–water partition coefficient (Wildman–Crippen LogP) is 4.70. The van der Waals surface area contributed by atoms with Crippen LogP contribution in [0.1, 0.15) is 10.5 Å². The Balaban J connectivity index is 1.59. The van der Waals surface area contributed by atoms with Crippen LogP contribution >= 0.6 is 22.9 Å². The molecule has 0 atom stereocenters. The third-order valence-corrected chi connectivity index (χ3v) is 4.40. The van der Waals surface area contributed by atoms with Crippen molar-refractivity contribution in [1.82, 2.24) is 4.98 Å². The van der Waals surface area contributed by atoms with Gasteiger partial charge in [0.1, 0.15) is 11.4 Å². The highest BCUT2D eigenvalue weighted by atomic mass is 35.5. The van der Waals surface area contributed by atoms with Crippen LogP contribution in [0.5, 0.6) is 5.75 Å². The van der Waals surface area contributed by atoms with Gasteiger partial charge in [0.25, 0.3) is 5.91 Å². The normalized spacial score (nSPS) is 10.1. The van der Waals surface area contributed by atoms with Crippen LogP contribution < -0.4 is 20.7 Å². The summed E-state index contributed by atoms with van der Waals surface area (Å²) in [6, 6.07) is 13.2. The van der Waals surface area contributed by atoms with Crippen LogP contribution in [-0.4, -0.2) is 24.0 Å². The maximum absolute atomic E-state index is 12.3. The number of nitrogens with zero attached hydrogens (tertiary/aromatic N) is 1. The van der Waals surface area contributed by atoms with Crippen molar-refractivity contribution in [2.45, 2.75) is 0 Å². The van der Waals surface area contributed by atoms with Gasteiger partial charge >= 0.3 is 6.03 Å². The van der Waals surface area contributed by atoms with E-state index in [4.69, 9.17) is 16.3 Å². The van der Waals surface area contributed by atoms with Crippen molar-refractivity contribution in [3.05, 3.63) is 64.6 Å². The van der Waals surface area contributed by atoms with Crippen molar-refractivity contribution in [3.63, 3.8) is 0 Å². The second-order valence-corrected chi connectivity index (χ2v) is 6.60. The number of rotatable bonds is 5. The molecule has 0 aliphatic rings. The summed E-state index contributed by atoms with van der Waals surface area (Å²) in [5.74, 6) is 0.248. The quantitative estimate of drug-likeness (QED) is 0.576. The minimum absolute atomic E-state index is 0.199. The molecule has 0 radical (unpaired) electrons. The molecule has 0 spiro atoms. The van der Waals surface area contributed by atoms with Crippen LogP contribution in [0.15, 0.2) is 53.9 Å². The van der Waals surface area contributed by atoms with Gasteiger partial charge in [0.15, 0.2) is 5.13 Å². The minimum Gasteiger partial charge on any atom is -0.497 e. The molecule has 0 aliphatic heterocycles. The van der Waals surface area contributed by atoms with Gasteiger partial charge in [0.2, 0.25) is 0 Å². The third-order valence-electron chi connectivity index (χ3n) is 3.39. The SMILES string of the molecule is COc1cccc(NC(=O)c2csc(NC(=O)Nc3ccc(Cl)cc3)n2)c1. The molecular formula is C18H15ClN4O3S. The lowest BCUT2D eigenvalue weighted by Crippen LogP contribution is -2.19. The number of halogens is 1. The molecule has 2 aromatic carbocycles. The molecule has 0 fully saturated rings. The summed E-state index contributed by atoms with van der Waals surface area (Å²) < 4.78 is 5.12. The summed E-state index contributed by atoms with van der Waals surface area (Å²) in [5, 5.41) is 10.4. The van der Waals surface area contributed by atoms with E-state index in [1.165, 1.54) is 0 Å². The molecule has 138 valence electrons. The lowest BCUT2D eigenvalue weighted by molar-refractivity contribution is 0.102. The molecule has 3 aromatic rings. The molecule has 3 rings (SSSR count). The van der Waals surface area contributed by atoms with Gasteiger partial charge in [-0.15, -0.1) is 11.3 Å². The van der Waals surface area contributed by atoms with Crippen LogP contribution in [0.25, 0.3) is 0 Å². The average Bonchev–Trinajstić information content (AvgIpc) is 3.12. The monoisotopic (exact) mass is 402 g/mol. The van der Waals surface area contributed by atoms with Crippen molar-refractivity contribution in [2.24, 2.45) is 0 Å². The molecule has 1 heterocycles. The standard InChI is InChI=1S/C18H15ClN4O3S/c1-26-14-4-2-3-13(9-14)20-16(24)15-10-27-18(22-15)23-17(25)21-12-7-5-11(19)6-8-12/h2-10H,1H3,(H,20,24)(H2,21,22,23,25). The second-order valence-electron chi connectivity index (χ2n) is 5.31. The van der Waals surface area contributed by atoms with Crippen LogP contribution in [0, 0.1) is 0 Å². The van der Waals surface area contributed by atoms with Crippen LogP contribution in [0.3, 0.4) is 0 Å². The molecule has 0 aliphatic carbocycles. The van der Waals surface area contributed by atoms with Gasteiger partial charge in [0.05, 0.1) is 7.11 Å². The van der Waals surface area contributed by atoms with E-state index in [9.17, 15) is 9.59 Å². The van der Waals surface area contributed by atoms with E-state index in [1.807, 2.05) is 0 Å². The number of aromatic nitrogens is 1. The molecule has 9 heteroatoms. The van der Waals surface area contributed by atoms with Gasteiger partial charge in [-0.1, -0.05) is 17.7 Å². The molecule has 1 aromatic heterocycles. The average molecular weight is 403 g/mol. The Bertz CT molecular complexity index is 959. The zero-order chi connectivity index (χ0) is 19.2. The van der Waals surface area contributed by atoms with Crippen molar-refractivity contribution in [3.8, 4) is 5.75 Å². The topological polar surface area (TPSA) is 92.4 Å². The number of anilines is 3. The summed E-state index contributed by atoms with van der Waals surface area (Å²) >= 11 is 6.95. The summed E-state index contributed by atoms with van der Waals surface area (Å²) in [5.41, 5.74) is 1.37. The fourth-order valence-electron chi connectivity index (χ4n) is 2.12. The zero-order valence-corrected chi connectivity index (χ0v) is 15.7. The Labute approximate surface area is 164 Å². The summed E-state index contributed by atoms with van der Waals surface area (Å²) in [7, 11) is 1.55. The van der Waals surface area contributed by atoms with E-state index in [2.05, 4.69) is 20.9 Å². The van der Waals surface area contributed by atoms with Crippen molar-refractivity contribution in [1.29, 1.82) is 0 Å². The zero-order valence-electron chi connectivity index (χ0n) is 14.2. The molecule has 0 saturated carbocycles. The predicted molar refractivity (Wildman–Crippen MR) is 107 cm³/mol. The van der Waals surface area contributed by atoms with E-state index in [0.29, 0.717) is 27.3 Å². The number of nitrogens with one attached hydrogen (secondary N) is 3. The van der Waals surface area contributed by atoms with Crippen LogP contribution in [0.2, 0.25) is 5.02 Å². The fourth-order valence-corrected chi connectivity index (χ4v) is 2.94. The van der Waals surface area contributed by atoms with Gasteiger partial charge in [-0.05, 0) is 36.4 Å². The highest BCUT2D eigenvalue weighted by Crippen LogP contribution is 2.20. The smallest absolute Gasteiger partial charge is 0.325 e. The highest BCUT2D eigenvalue weighted by molar-refractivity contribution is 7.14. The molecular weight excluding hydrogens is 388 g/mol. The number of carbonyl (C=O) groups is 2. The van der Waals surface area contributed by atoms with E-state index in [-0.39, 0.29) is 11.6 Å². The van der Waals surface area contributed by atoms with Crippen molar-refractivity contribution in [2.75, 3.05) is 23.1 Å². The second kappa shape index (κ2) is 8.52. The largest absolute Gasteiger partial charge is 0.497 e. The number of methoxy groups -OCH3 is 1. The first-order valence-corrected chi connectivity index (χ1v) is 9.04. The van der Waals surface area contributed by atoms with Gasteiger partial charge in [0, 0.05) is 27.8 Å². The number of amides is 3. The van der Waals surface area contributed by atoms with Crippen molar-refractivity contribution < 1.29 is 14.3 Å². The van der Waals surface area contributed by atoms with E-state index in [1.54, 1.807) is 61.0 Å². The van der Waals surface area contributed by atoms with E-state index in [0.717, 1.165) is 11.3 Å². The highest BCUT2D eigenvalue weighted by Gasteiger charge is 2.13. The lowest BCUT2D eigenvalue weighted by Gasteiger charge is -2.06. The van der Waals surface area contributed by atoms with E-state index >= 15 is 0 Å². The van der Waals surface area contributed by atoms with Crippen LogP contribution in [0.4, 0.5) is 21.3 Å². The Morgan fingerprint density at radius 3 is 2.56 bits per heavy atom. The van der Waals surface area contributed by atoms with Crippen molar-refractivity contribution >= 4 is 51.4 Å². The Morgan fingerprint density at radius 1 is 1.04 bits per heavy atom. The van der Waals surface area contributed by atoms with Gasteiger partial charge < -0.3 is 15.4 Å². The maximum Gasteiger partial charge on any atom is 0.325 e. The molecule has 0 saturated heterocycles. The molecule has 3 amide bonds. The van der Waals surface area contributed by atoms with Gasteiger partial charge in [-0.3, -0.25) is 10.1 Å². The first kappa shape index (κ1) is 18.7. The maximum atomic E-state index is 12.3. The van der Waals surface area contributed by atoms with Gasteiger partial charge in [-0.2, -0.15) is 0 Å². The molecule has 0 unspecified atom stereocenters. The third kappa shape index (κ3) is 5.19. The number of hydrogen-bond donors (Lipinski definition) is 3. The van der Waals surface area contributed by atoms with E-state index < -0.39 is 6.03 Å². The van der Waals surface area contributed by atoms with Crippen LogP contribution in [-0.2, 0) is 0 Å². The first-order valence-electron chi connectivity index (χ1n) is 7.78. The summed E-state index contributed by atoms with van der Waals surface area (Å²) in [6.07, 6.45) is 0. The molecule has 27 heavy (non-hydrogen) atoms. The number of urea groups is 1. The van der Waals surface area contributed by atoms with Gasteiger partial charge in [-0.25, -0.2) is 9.78 Å². The number of hydrogen-bond acceptors (Lipinski definition) is 5. The summed E-state index contributed by atoms with van der Waals surface area (Å²) in [4.78, 5) is 28.4. The fraction of sp³-hybridized carbons (Fsp3) is 0.0556. The Kier molecular flexibility index (Phi) is 5.90. The first-order chi connectivity index (χ1) is 13.0. The Hall–Kier alpha value is -3.10. The number of benzene rings is 2. The Morgan fingerprint density at radius 2 is 1.81 bits per heavy atom. The molecule has 7 nitrogen and oxygen atoms in total. The summed E-state index contributed by atoms with van der Waals surface area (Å²) in [6.45, 7) is 0. The minimum atomic E-state index is -0.466. The number of carbonyl (C=O) groups excluding carboxylic acids is 2. The lowest BCUT2D eigenvalue weighted by atomic mass is 10.3. The number of ether oxygens (including phenoxy) is 1.